The lowest BCUT2D eigenvalue weighted by Crippen LogP contribution is -2.31. The Kier molecular flexibility index (Phi) is 10.3. The molecule has 1 aliphatic carbocycles. The Hall–Kier alpha value is -4.28. The van der Waals surface area contributed by atoms with Crippen LogP contribution in [0.1, 0.15) is 74.5 Å². The van der Waals surface area contributed by atoms with E-state index in [-0.39, 0.29) is 64.9 Å². The van der Waals surface area contributed by atoms with Crippen LogP contribution in [0.2, 0.25) is 5.15 Å². The second-order valence-electron chi connectivity index (χ2n) is 13.6. The van der Waals surface area contributed by atoms with Gasteiger partial charge in [0, 0.05) is 24.0 Å². The highest BCUT2D eigenvalue weighted by Crippen LogP contribution is 2.59. The first-order valence-electron chi connectivity index (χ1n) is 16.5. The lowest BCUT2D eigenvalue weighted by atomic mass is 9.91. The molecule has 12 nitrogen and oxygen atoms in total. The highest BCUT2D eigenvalue weighted by Gasteiger charge is 2.62. The van der Waals surface area contributed by atoms with Crippen LogP contribution in [0.5, 0.6) is 5.88 Å². The molecule has 1 aliphatic heterocycles. The molecular formula is C34H38ClF3N8O4S. The number of amides is 1. The number of aromatic nitrogens is 5. The molecule has 1 unspecified atom stereocenters. The third-order valence-corrected chi connectivity index (χ3v) is 10.8. The smallest absolute Gasteiger partial charge is 0.394 e. The molecule has 4 aromatic heterocycles. The van der Waals surface area contributed by atoms with Gasteiger partial charge in [-0.05, 0) is 101 Å². The van der Waals surface area contributed by atoms with Crippen molar-refractivity contribution in [3.05, 3.63) is 83.4 Å². The summed E-state index contributed by atoms with van der Waals surface area (Å²) in [6.07, 6.45) is 1.62. The molecule has 2 fully saturated rings. The number of halogens is 4. The number of carbonyl (C=O) groups is 1. The Morgan fingerprint density at radius 3 is 2.59 bits per heavy atom. The van der Waals surface area contributed by atoms with Crippen molar-refractivity contribution in [2.24, 2.45) is 11.3 Å². The molecule has 6 rings (SSSR count). The van der Waals surface area contributed by atoms with Crippen LogP contribution in [-0.2, 0) is 10.0 Å². The Labute approximate surface area is 298 Å². The SMILES string of the molecule is CC1(C)C[C@H](CCC(Nc2cccc(S(=O)(=O)NC(=O)c3ccc(-n4ccc(OCCC5(C(F)(F)F)CC5)n4)nc3Cl)n2)c2ccccn2)CN1. The van der Waals surface area contributed by atoms with E-state index in [9.17, 15) is 26.4 Å². The monoisotopic (exact) mass is 746 g/mol. The minimum absolute atomic E-state index is 0.0844. The van der Waals surface area contributed by atoms with Gasteiger partial charge in [-0.15, -0.1) is 5.10 Å². The van der Waals surface area contributed by atoms with Crippen molar-refractivity contribution in [2.45, 2.75) is 75.2 Å². The lowest BCUT2D eigenvalue weighted by molar-refractivity contribution is -0.190. The molecule has 17 heteroatoms. The molecule has 0 aromatic carbocycles. The van der Waals surface area contributed by atoms with E-state index < -0.39 is 27.5 Å². The van der Waals surface area contributed by atoms with Crippen molar-refractivity contribution in [3.63, 3.8) is 0 Å². The standard InChI is InChI=1S/C34H38ClF3N8O4S/c1-32(2)20-22(21-40-32)9-11-25(24-6-3-4-17-39-24)41-26-7-5-8-29(42-26)51(48,49)45-31(47)23-10-12-27(43-30(23)35)46-18-13-28(44-46)50-19-16-33(14-15-33)34(36,37)38/h3-8,10,12-13,17-18,22,25,40H,9,11,14-16,19-21H2,1-2H3,(H,41,42)(H,45,47)/t22-,25?/m0/s1. The maximum atomic E-state index is 13.3. The average Bonchev–Trinajstić information content (AvgIpc) is 3.60. The molecule has 1 amide bonds. The third-order valence-electron chi connectivity index (χ3n) is 9.29. The van der Waals surface area contributed by atoms with Gasteiger partial charge in [0.1, 0.15) is 11.0 Å². The number of hydrogen-bond acceptors (Lipinski definition) is 10. The first-order valence-corrected chi connectivity index (χ1v) is 18.4. The van der Waals surface area contributed by atoms with Crippen LogP contribution >= 0.6 is 11.6 Å². The number of anilines is 1. The fraction of sp³-hybridized carbons (Fsp3) is 0.441. The van der Waals surface area contributed by atoms with Crippen molar-refractivity contribution in [2.75, 3.05) is 18.5 Å². The number of ether oxygens (including phenoxy) is 1. The van der Waals surface area contributed by atoms with Gasteiger partial charge in [-0.2, -0.15) is 21.6 Å². The van der Waals surface area contributed by atoms with Gasteiger partial charge in [-0.25, -0.2) is 19.4 Å². The molecule has 4 aromatic rings. The normalized spacial score (nSPS) is 18.6. The molecule has 1 saturated heterocycles. The Morgan fingerprint density at radius 1 is 1.12 bits per heavy atom. The van der Waals surface area contributed by atoms with Gasteiger partial charge < -0.3 is 15.4 Å². The van der Waals surface area contributed by atoms with E-state index in [0.29, 0.717) is 11.7 Å². The van der Waals surface area contributed by atoms with Crippen LogP contribution < -0.4 is 20.1 Å². The summed E-state index contributed by atoms with van der Waals surface area (Å²) >= 11 is 6.29. The number of rotatable bonds is 14. The predicted molar refractivity (Wildman–Crippen MR) is 183 cm³/mol. The van der Waals surface area contributed by atoms with E-state index in [1.54, 1.807) is 12.3 Å². The number of sulfonamides is 1. The zero-order chi connectivity index (χ0) is 36.4. The number of pyridine rings is 3. The van der Waals surface area contributed by atoms with Gasteiger partial charge in [0.2, 0.25) is 5.88 Å². The van der Waals surface area contributed by atoms with E-state index in [4.69, 9.17) is 16.3 Å². The van der Waals surface area contributed by atoms with Crippen LogP contribution in [0.25, 0.3) is 5.82 Å². The molecule has 0 radical (unpaired) electrons. The van der Waals surface area contributed by atoms with Crippen molar-refractivity contribution in [3.8, 4) is 11.7 Å². The van der Waals surface area contributed by atoms with E-state index >= 15 is 0 Å². The third kappa shape index (κ3) is 8.79. The molecule has 5 heterocycles. The Balaban J connectivity index is 1.09. The summed E-state index contributed by atoms with van der Waals surface area (Å²) < 4.78 is 74.8. The maximum absolute atomic E-state index is 13.3. The van der Waals surface area contributed by atoms with E-state index in [1.165, 1.54) is 41.2 Å². The first kappa shape index (κ1) is 36.5. The van der Waals surface area contributed by atoms with Gasteiger partial charge in [0.05, 0.1) is 29.3 Å². The fourth-order valence-corrected chi connectivity index (χ4v) is 7.40. The summed E-state index contributed by atoms with van der Waals surface area (Å²) in [6, 6.07) is 14.0. The number of carbonyl (C=O) groups excluding carboxylic acids is 1. The maximum Gasteiger partial charge on any atom is 0.394 e. The lowest BCUT2D eigenvalue weighted by Gasteiger charge is -2.21. The fourth-order valence-electron chi connectivity index (χ4n) is 6.23. The van der Waals surface area contributed by atoms with Crippen LogP contribution in [0.3, 0.4) is 0 Å². The number of nitrogens with one attached hydrogen (secondary N) is 3. The quantitative estimate of drug-likeness (QED) is 0.126. The van der Waals surface area contributed by atoms with Gasteiger partial charge in [-0.1, -0.05) is 23.7 Å². The summed E-state index contributed by atoms with van der Waals surface area (Å²) in [4.78, 5) is 26.1. The van der Waals surface area contributed by atoms with Crippen LogP contribution in [0.4, 0.5) is 19.0 Å². The van der Waals surface area contributed by atoms with Gasteiger partial charge in [0.15, 0.2) is 10.8 Å². The van der Waals surface area contributed by atoms with E-state index in [2.05, 4.69) is 44.5 Å². The zero-order valence-electron chi connectivity index (χ0n) is 28.0. The topological polar surface area (TPSA) is 153 Å². The first-order chi connectivity index (χ1) is 24.1. The summed E-state index contributed by atoms with van der Waals surface area (Å²) in [5.41, 5.74) is -1.02. The second kappa shape index (κ2) is 14.4. The Bertz CT molecular complexity index is 1970. The number of alkyl halides is 3. The average molecular weight is 747 g/mol. The second-order valence-corrected chi connectivity index (χ2v) is 15.6. The van der Waals surface area contributed by atoms with Crippen molar-refractivity contribution in [1.82, 2.24) is 34.8 Å². The Morgan fingerprint density at radius 2 is 1.92 bits per heavy atom. The van der Waals surface area contributed by atoms with Crippen LogP contribution in [0.15, 0.2) is 72.0 Å². The highest BCUT2D eigenvalue weighted by molar-refractivity contribution is 7.90. The molecule has 51 heavy (non-hydrogen) atoms. The number of nitrogens with zero attached hydrogens (tertiary/aromatic N) is 5. The predicted octanol–water partition coefficient (Wildman–Crippen LogP) is 6.26. The minimum atomic E-state index is -4.43. The summed E-state index contributed by atoms with van der Waals surface area (Å²) in [5.74, 6) is 0.0130. The molecule has 0 spiro atoms. The molecule has 272 valence electrons. The van der Waals surface area contributed by atoms with Crippen molar-refractivity contribution >= 4 is 33.3 Å². The summed E-state index contributed by atoms with van der Waals surface area (Å²) in [7, 11) is -4.43. The van der Waals surface area contributed by atoms with Gasteiger partial charge in [0.25, 0.3) is 15.9 Å². The van der Waals surface area contributed by atoms with Crippen molar-refractivity contribution < 1.29 is 31.1 Å². The summed E-state index contributed by atoms with van der Waals surface area (Å²) in [5, 5.41) is 10.3. The highest BCUT2D eigenvalue weighted by atomic mass is 35.5. The molecule has 0 bridgehead atoms. The van der Waals surface area contributed by atoms with E-state index in [1.807, 2.05) is 22.9 Å². The summed E-state index contributed by atoms with van der Waals surface area (Å²) in [6.45, 7) is 5.13. The largest absolute Gasteiger partial charge is 0.477 e. The molecular weight excluding hydrogens is 709 g/mol. The minimum Gasteiger partial charge on any atom is -0.477 e. The van der Waals surface area contributed by atoms with Crippen LogP contribution in [-0.4, -0.2) is 63.9 Å². The van der Waals surface area contributed by atoms with E-state index in [0.717, 1.165) is 31.5 Å². The molecule has 3 N–H and O–H groups in total. The van der Waals surface area contributed by atoms with Crippen LogP contribution in [0, 0.1) is 11.3 Å². The molecule has 2 aliphatic rings. The van der Waals surface area contributed by atoms with Crippen molar-refractivity contribution in [1.29, 1.82) is 0 Å². The van der Waals surface area contributed by atoms with Gasteiger partial charge >= 0.3 is 6.18 Å². The molecule has 2 atom stereocenters. The number of hydrogen-bond donors (Lipinski definition) is 3. The van der Waals surface area contributed by atoms with Gasteiger partial charge in [-0.3, -0.25) is 9.78 Å². The zero-order valence-corrected chi connectivity index (χ0v) is 29.5. The molecule has 1 saturated carbocycles.